The van der Waals surface area contributed by atoms with Gasteiger partial charge in [-0.25, -0.2) is 4.98 Å². The van der Waals surface area contributed by atoms with E-state index in [1.165, 1.54) is 0 Å². The van der Waals surface area contributed by atoms with E-state index in [1.54, 1.807) is 11.2 Å². The smallest absolute Gasteiger partial charge is 0.260 e. The molecule has 1 aliphatic carbocycles. The lowest BCUT2D eigenvalue weighted by molar-refractivity contribution is 0.0996. The minimum absolute atomic E-state index is 0.0175. The van der Waals surface area contributed by atoms with E-state index in [0.717, 1.165) is 46.6 Å². The fraction of sp³-hybridized carbons (Fsp3) is 0.167. The quantitative estimate of drug-likeness (QED) is 0.512. The zero-order valence-corrected chi connectivity index (χ0v) is 16.3. The highest BCUT2D eigenvalue weighted by Gasteiger charge is 2.31. The molecule has 0 bridgehead atoms. The summed E-state index contributed by atoms with van der Waals surface area (Å²) in [5, 5.41) is 8.33. The lowest BCUT2D eigenvalue weighted by atomic mass is 10.0. The Morgan fingerprint density at radius 1 is 0.900 bits per heavy atom. The number of rotatable bonds is 4. The van der Waals surface area contributed by atoms with E-state index in [4.69, 9.17) is 4.98 Å². The molecule has 6 nitrogen and oxygen atoms in total. The molecule has 4 aromatic rings. The summed E-state index contributed by atoms with van der Waals surface area (Å²) in [7, 11) is 0. The molecule has 0 atom stereocenters. The Hall–Kier alpha value is -3.80. The van der Waals surface area contributed by atoms with Crippen molar-refractivity contribution >= 4 is 11.7 Å². The number of carbonyl (C=O) groups excluding carboxylic acids is 1. The predicted molar refractivity (Wildman–Crippen MR) is 114 cm³/mol. The van der Waals surface area contributed by atoms with Gasteiger partial charge in [0.05, 0.1) is 6.54 Å². The van der Waals surface area contributed by atoms with Crippen molar-refractivity contribution in [3.8, 4) is 22.6 Å². The van der Waals surface area contributed by atoms with Gasteiger partial charge in [0.25, 0.3) is 5.91 Å². The summed E-state index contributed by atoms with van der Waals surface area (Å²) in [6.07, 6.45) is 4.06. The van der Waals surface area contributed by atoms with Gasteiger partial charge in [-0.05, 0) is 47.7 Å². The van der Waals surface area contributed by atoms with E-state index in [9.17, 15) is 4.79 Å². The lowest BCUT2D eigenvalue weighted by Crippen LogP contribution is -2.24. The minimum atomic E-state index is -0.0175. The Bertz CT molecular complexity index is 1260. The maximum atomic E-state index is 13.2. The molecule has 6 heteroatoms. The van der Waals surface area contributed by atoms with Crippen molar-refractivity contribution in [2.45, 2.75) is 25.4 Å². The molecule has 2 aromatic carbocycles. The van der Waals surface area contributed by atoms with Gasteiger partial charge in [0.2, 0.25) is 0 Å². The third-order valence-electron chi connectivity index (χ3n) is 5.77. The fourth-order valence-electron chi connectivity index (χ4n) is 4.04. The first-order chi connectivity index (χ1) is 14.8. The highest BCUT2D eigenvalue weighted by Crippen LogP contribution is 2.37. The zero-order chi connectivity index (χ0) is 20.1. The molecule has 1 amide bonds. The van der Waals surface area contributed by atoms with E-state index >= 15 is 0 Å². The van der Waals surface area contributed by atoms with Crippen molar-refractivity contribution in [2.24, 2.45) is 0 Å². The van der Waals surface area contributed by atoms with E-state index < -0.39 is 0 Å². The van der Waals surface area contributed by atoms with Crippen LogP contribution in [0.1, 0.15) is 34.8 Å². The van der Waals surface area contributed by atoms with Gasteiger partial charge >= 0.3 is 0 Å². The van der Waals surface area contributed by atoms with Crippen molar-refractivity contribution in [1.82, 2.24) is 19.7 Å². The molecular formula is C24H19N5O. The van der Waals surface area contributed by atoms with Gasteiger partial charge < -0.3 is 4.57 Å². The molecule has 146 valence electrons. The number of amides is 1. The SMILES string of the molecule is O=C1c2cc(-c3ccccc3)ccc2CN1c1cccc(-c2nncn2C2CC2)n1. The molecule has 2 aromatic heterocycles. The van der Waals surface area contributed by atoms with Crippen LogP contribution in [0.25, 0.3) is 22.6 Å². The van der Waals surface area contributed by atoms with E-state index in [1.807, 2.05) is 48.5 Å². The number of nitrogens with zero attached hydrogens (tertiary/aromatic N) is 5. The van der Waals surface area contributed by atoms with E-state index in [2.05, 4.69) is 33.0 Å². The van der Waals surface area contributed by atoms with Crippen LogP contribution in [0, 0.1) is 0 Å². The summed E-state index contributed by atoms with van der Waals surface area (Å²) in [5.74, 6) is 1.38. The molecule has 0 saturated heterocycles. The summed E-state index contributed by atoms with van der Waals surface area (Å²) >= 11 is 0. The Kier molecular flexibility index (Phi) is 3.77. The second-order valence-corrected chi connectivity index (χ2v) is 7.80. The maximum absolute atomic E-state index is 13.2. The number of fused-ring (bicyclic) bond motifs is 1. The van der Waals surface area contributed by atoms with Crippen LogP contribution < -0.4 is 4.90 Å². The van der Waals surface area contributed by atoms with Crippen LogP contribution in [0.2, 0.25) is 0 Å². The third-order valence-corrected chi connectivity index (χ3v) is 5.77. The number of aromatic nitrogens is 4. The van der Waals surface area contributed by atoms with Gasteiger partial charge in [0.15, 0.2) is 5.82 Å². The van der Waals surface area contributed by atoms with Crippen LogP contribution in [0.3, 0.4) is 0 Å². The highest BCUT2D eigenvalue weighted by atomic mass is 16.2. The molecule has 0 unspecified atom stereocenters. The number of benzene rings is 2. The zero-order valence-electron chi connectivity index (χ0n) is 16.3. The Balaban J connectivity index is 1.34. The minimum Gasteiger partial charge on any atom is -0.309 e. The Morgan fingerprint density at radius 2 is 1.77 bits per heavy atom. The predicted octanol–water partition coefficient (Wildman–Crippen LogP) is 4.50. The van der Waals surface area contributed by atoms with Crippen LogP contribution >= 0.6 is 0 Å². The molecule has 6 rings (SSSR count). The van der Waals surface area contributed by atoms with Gasteiger partial charge in [-0.1, -0.05) is 48.5 Å². The summed E-state index contributed by atoms with van der Waals surface area (Å²) in [6.45, 7) is 0.523. The second kappa shape index (κ2) is 6.62. The average molecular weight is 393 g/mol. The van der Waals surface area contributed by atoms with E-state index in [-0.39, 0.29) is 5.91 Å². The fourth-order valence-corrected chi connectivity index (χ4v) is 4.04. The van der Waals surface area contributed by atoms with Gasteiger partial charge in [0, 0.05) is 11.6 Å². The molecule has 2 aliphatic rings. The normalized spacial score (nSPS) is 15.5. The van der Waals surface area contributed by atoms with Gasteiger partial charge in [-0.15, -0.1) is 10.2 Å². The maximum Gasteiger partial charge on any atom is 0.260 e. The van der Waals surface area contributed by atoms with Crippen LogP contribution in [-0.2, 0) is 6.54 Å². The Labute approximate surface area is 173 Å². The van der Waals surface area contributed by atoms with Crippen molar-refractivity contribution in [3.05, 3.63) is 84.2 Å². The van der Waals surface area contributed by atoms with Gasteiger partial charge in [-0.3, -0.25) is 9.69 Å². The second-order valence-electron chi connectivity index (χ2n) is 7.80. The lowest BCUT2D eigenvalue weighted by Gasteiger charge is -2.15. The molecule has 1 saturated carbocycles. The van der Waals surface area contributed by atoms with Crippen LogP contribution in [0.5, 0.6) is 0 Å². The third kappa shape index (κ3) is 2.80. The first kappa shape index (κ1) is 17.1. The van der Waals surface area contributed by atoms with E-state index in [0.29, 0.717) is 18.4 Å². The summed E-state index contributed by atoms with van der Waals surface area (Å²) in [5.41, 5.74) is 4.65. The molecule has 0 spiro atoms. The van der Waals surface area contributed by atoms with Crippen molar-refractivity contribution in [2.75, 3.05) is 4.90 Å². The Morgan fingerprint density at radius 3 is 2.60 bits per heavy atom. The summed E-state index contributed by atoms with van der Waals surface area (Å²) in [6, 6.07) is 22.4. The highest BCUT2D eigenvalue weighted by molar-refractivity contribution is 6.10. The topological polar surface area (TPSA) is 63.9 Å². The molecular weight excluding hydrogens is 374 g/mol. The first-order valence-corrected chi connectivity index (χ1v) is 10.1. The number of carbonyl (C=O) groups is 1. The number of hydrogen-bond donors (Lipinski definition) is 0. The number of pyridine rings is 1. The van der Waals surface area contributed by atoms with Crippen molar-refractivity contribution < 1.29 is 4.79 Å². The largest absolute Gasteiger partial charge is 0.309 e. The molecule has 0 radical (unpaired) electrons. The number of hydrogen-bond acceptors (Lipinski definition) is 4. The van der Waals surface area contributed by atoms with Crippen LogP contribution in [0.4, 0.5) is 5.82 Å². The van der Waals surface area contributed by atoms with Gasteiger partial charge in [0.1, 0.15) is 17.8 Å². The number of anilines is 1. The van der Waals surface area contributed by atoms with Crippen LogP contribution in [0.15, 0.2) is 73.1 Å². The molecule has 0 N–H and O–H groups in total. The molecule has 1 aliphatic heterocycles. The monoisotopic (exact) mass is 393 g/mol. The van der Waals surface area contributed by atoms with Gasteiger partial charge in [-0.2, -0.15) is 0 Å². The standard InChI is InChI=1S/C24H19N5O/c30-24-20-13-17(16-5-2-1-3-6-16)9-10-18(20)14-28(24)22-8-4-7-21(26-22)23-27-25-15-29(23)19-11-12-19/h1-10,13,15,19H,11-12,14H2. The first-order valence-electron chi connectivity index (χ1n) is 10.1. The van der Waals surface area contributed by atoms with Crippen LogP contribution in [-0.4, -0.2) is 25.7 Å². The average Bonchev–Trinajstić information content (AvgIpc) is 3.43. The summed E-state index contributed by atoms with van der Waals surface area (Å²) < 4.78 is 2.08. The molecule has 3 heterocycles. The van der Waals surface area contributed by atoms with Crippen molar-refractivity contribution in [1.29, 1.82) is 0 Å². The molecule has 1 fully saturated rings. The molecule has 30 heavy (non-hydrogen) atoms. The summed E-state index contributed by atoms with van der Waals surface area (Å²) in [4.78, 5) is 19.7. The van der Waals surface area contributed by atoms with Crippen molar-refractivity contribution in [3.63, 3.8) is 0 Å².